The number of methoxy groups -OCH3 is 1. The van der Waals surface area contributed by atoms with E-state index in [1.165, 1.54) is 38.0 Å². The molecular weight excluding hydrogens is 266 g/mol. The molecule has 0 atom stereocenters. The lowest BCUT2D eigenvalue weighted by atomic mass is 9.72. The van der Waals surface area contributed by atoms with Crippen LogP contribution in [0.15, 0.2) is 40.1 Å². The van der Waals surface area contributed by atoms with Crippen LogP contribution in [0.5, 0.6) is 0 Å². The monoisotopic (exact) mass is 291 g/mol. The lowest BCUT2D eigenvalue weighted by molar-refractivity contribution is -0.135. The van der Waals surface area contributed by atoms with Gasteiger partial charge >= 0.3 is 5.97 Å². The number of carbonyl (C=O) groups excluding carboxylic acids is 1. The Labute approximate surface area is 127 Å². The third-order valence-corrected chi connectivity index (χ3v) is 3.81. The number of hydrogen-bond donors (Lipinski definition) is 0. The molecule has 0 aromatic heterocycles. The van der Waals surface area contributed by atoms with Crippen LogP contribution >= 0.6 is 0 Å². The molecule has 0 aromatic carbocycles. The van der Waals surface area contributed by atoms with Crippen molar-refractivity contribution in [1.29, 1.82) is 0 Å². The summed E-state index contributed by atoms with van der Waals surface area (Å²) in [6, 6.07) is 0. The van der Waals surface area contributed by atoms with Gasteiger partial charge in [-0.05, 0) is 49.3 Å². The molecule has 0 N–H and O–H groups in total. The molecule has 0 spiro atoms. The van der Waals surface area contributed by atoms with Gasteiger partial charge in [0.1, 0.15) is 7.11 Å². The van der Waals surface area contributed by atoms with Crippen molar-refractivity contribution in [2.75, 3.05) is 14.2 Å². The fourth-order valence-corrected chi connectivity index (χ4v) is 2.66. The van der Waals surface area contributed by atoms with Crippen molar-refractivity contribution >= 4 is 12.2 Å². The summed E-state index contributed by atoms with van der Waals surface area (Å²) in [6.07, 6.45) is 10.3. The highest BCUT2D eigenvalue weighted by molar-refractivity contribution is 5.96. The van der Waals surface area contributed by atoms with Gasteiger partial charge in [0.2, 0.25) is 0 Å². The first-order chi connectivity index (χ1) is 9.92. The molecule has 21 heavy (non-hydrogen) atoms. The van der Waals surface area contributed by atoms with Crippen LogP contribution in [-0.2, 0) is 14.4 Å². The minimum atomic E-state index is -0.388. The van der Waals surface area contributed by atoms with E-state index in [1.54, 1.807) is 12.2 Å². The molecule has 0 saturated carbocycles. The SMILES string of the molecule is CO/N=C/C=C(\C=C\C1=C(C)CCCC1(C)C)C(=O)OC. The molecule has 4 nitrogen and oxygen atoms in total. The molecule has 0 heterocycles. The van der Waals surface area contributed by atoms with E-state index in [4.69, 9.17) is 4.74 Å². The Morgan fingerprint density at radius 3 is 2.62 bits per heavy atom. The van der Waals surface area contributed by atoms with Crippen LogP contribution < -0.4 is 0 Å². The lowest BCUT2D eigenvalue weighted by Gasteiger charge is -2.32. The Hall–Kier alpha value is -1.84. The highest BCUT2D eigenvalue weighted by Crippen LogP contribution is 2.40. The first-order valence-corrected chi connectivity index (χ1v) is 7.16. The molecule has 0 fully saturated rings. The minimum Gasteiger partial charge on any atom is -0.465 e. The maximum Gasteiger partial charge on any atom is 0.337 e. The maximum atomic E-state index is 11.8. The summed E-state index contributed by atoms with van der Waals surface area (Å²) < 4.78 is 4.78. The number of oxime groups is 1. The van der Waals surface area contributed by atoms with Crippen LogP contribution in [0.4, 0.5) is 0 Å². The summed E-state index contributed by atoms with van der Waals surface area (Å²) in [5.41, 5.74) is 3.27. The number of hydrogen-bond acceptors (Lipinski definition) is 4. The van der Waals surface area contributed by atoms with Crippen LogP contribution in [-0.4, -0.2) is 26.4 Å². The average molecular weight is 291 g/mol. The predicted molar refractivity (Wildman–Crippen MR) is 85.1 cm³/mol. The fourth-order valence-electron chi connectivity index (χ4n) is 2.66. The number of allylic oxidation sites excluding steroid dienone is 4. The Kier molecular flexibility index (Phi) is 6.40. The molecule has 0 unspecified atom stereocenters. The second kappa shape index (κ2) is 7.81. The number of ether oxygens (including phenoxy) is 1. The second-order valence-electron chi connectivity index (χ2n) is 5.82. The van der Waals surface area contributed by atoms with E-state index >= 15 is 0 Å². The molecular formula is C17H25NO3. The fraction of sp³-hybridized carbons (Fsp3) is 0.529. The van der Waals surface area contributed by atoms with Crippen molar-refractivity contribution in [2.24, 2.45) is 10.6 Å². The van der Waals surface area contributed by atoms with Crippen molar-refractivity contribution < 1.29 is 14.4 Å². The third-order valence-electron chi connectivity index (χ3n) is 3.81. The van der Waals surface area contributed by atoms with Gasteiger partial charge < -0.3 is 9.57 Å². The lowest BCUT2D eigenvalue weighted by Crippen LogP contribution is -2.19. The molecule has 1 aliphatic rings. The maximum absolute atomic E-state index is 11.8. The Bertz CT molecular complexity index is 496. The van der Waals surface area contributed by atoms with Crippen molar-refractivity contribution in [2.45, 2.75) is 40.0 Å². The van der Waals surface area contributed by atoms with Crippen molar-refractivity contribution in [3.8, 4) is 0 Å². The summed E-state index contributed by atoms with van der Waals surface area (Å²) in [4.78, 5) is 16.4. The smallest absolute Gasteiger partial charge is 0.337 e. The van der Waals surface area contributed by atoms with Gasteiger partial charge in [0.15, 0.2) is 0 Å². The van der Waals surface area contributed by atoms with E-state index in [9.17, 15) is 4.79 Å². The zero-order valence-corrected chi connectivity index (χ0v) is 13.6. The highest BCUT2D eigenvalue weighted by Gasteiger charge is 2.26. The molecule has 0 aliphatic heterocycles. The summed E-state index contributed by atoms with van der Waals surface area (Å²) in [5.74, 6) is -0.388. The van der Waals surface area contributed by atoms with Crippen LogP contribution in [0.2, 0.25) is 0 Å². The molecule has 4 heteroatoms. The summed E-state index contributed by atoms with van der Waals surface area (Å²) in [6.45, 7) is 6.64. The van der Waals surface area contributed by atoms with E-state index in [0.29, 0.717) is 5.57 Å². The van der Waals surface area contributed by atoms with Crippen LogP contribution in [0.3, 0.4) is 0 Å². The minimum absolute atomic E-state index is 0.140. The normalized spacial score (nSPS) is 19.4. The zero-order valence-electron chi connectivity index (χ0n) is 13.6. The van der Waals surface area contributed by atoms with Gasteiger partial charge in [-0.15, -0.1) is 0 Å². The van der Waals surface area contributed by atoms with E-state index in [2.05, 4.69) is 30.8 Å². The Morgan fingerprint density at radius 2 is 2.05 bits per heavy atom. The first kappa shape index (κ1) is 17.2. The van der Waals surface area contributed by atoms with Gasteiger partial charge in [0, 0.05) is 0 Å². The molecule has 0 radical (unpaired) electrons. The van der Waals surface area contributed by atoms with E-state index < -0.39 is 0 Å². The van der Waals surface area contributed by atoms with Crippen molar-refractivity contribution in [3.05, 3.63) is 34.9 Å². The third kappa shape index (κ3) is 4.88. The van der Waals surface area contributed by atoms with Gasteiger partial charge in [-0.1, -0.05) is 30.7 Å². The van der Waals surface area contributed by atoms with Gasteiger partial charge in [0.05, 0.1) is 18.9 Å². The average Bonchev–Trinajstić information content (AvgIpc) is 2.43. The van der Waals surface area contributed by atoms with Crippen LogP contribution in [0.1, 0.15) is 40.0 Å². The van der Waals surface area contributed by atoms with Crippen molar-refractivity contribution in [3.63, 3.8) is 0 Å². The largest absolute Gasteiger partial charge is 0.465 e. The van der Waals surface area contributed by atoms with Gasteiger partial charge in [-0.2, -0.15) is 0 Å². The molecule has 1 aliphatic carbocycles. The Morgan fingerprint density at radius 1 is 1.33 bits per heavy atom. The van der Waals surface area contributed by atoms with Gasteiger partial charge in [0.25, 0.3) is 0 Å². The molecule has 0 bridgehead atoms. The van der Waals surface area contributed by atoms with Gasteiger partial charge in [-0.25, -0.2) is 4.79 Å². The standard InChI is InChI=1S/C17H25NO3/c1-13-7-6-11-17(2,3)15(13)9-8-14(16(19)20-4)10-12-18-21-5/h8-10,12H,6-7,11H2,1-5H3/b9-8+,14-10+,18-12+. The van der Waals surface area contributed by atoms with Crippen LogP contribution in [0, 0.1) is 5.41 Å². The Balaban J connectivity index is 3.04. The van der Waals surface area contributed by atoms with Crippen molar-refractivity contribution in [1.82, 2.24) is 0 Å². The number of rotatable bonds is 5. The van der Waals surface area contributed by atoms with Gasteiger partial charge in [-0.3, -0.25) is 0 Å². The first-order valence-electron chi connectivity index (χ1n) is 7.16. The number of esters is 1. The van der Waals surface area contributed by atoms with Crippen LogP contribution in [0.25, 0.3) is 0 Å². The molecule has 1 rings (SSSR count). The van der Waals surface area contributed by atoms with E-state index in [0.717, 1.165) is 12.8 Å². The summed E-state index contributed by atoms with van der Waals surface area (Å²) in [7, 11) is 2.82. The molecule has 0 amide bonds. The number of carbonyl (C=O) groups is 1. The number of nitrogens with zero attached hydrogens (tertiary/aromatic N) is 1. The predicted octanol–water partition coefficient (Wildman–Crippen LogP) is 3.80. The molecule has 116 valence electrons. The van der Waals surface area contributed by atoms with E-state index in [1.807, 2.05) is 6.08 Å². The molecule has 0 aromatic rings. The summed E-state index contributed by atoms with van der Waals surface area (Å²) >= 11 is 0. The topological polar surface area (TPSA) is 47.9 Å². The second-order valence-corrected chi connectivity index (χ2v) is 5.82. The molecule has 0 saturated heterocycles. The van der Waals surface area contributed by atoms with E-state index in [-0.39, 0.29) is 11.4 Å². The highest BCUT2D eigenvalue weighted by atomic mass is 16.6. The zero-order chi connectivity index (χ0) is 15.9. The quantitative estimate of drug-likeness (QED) is 0.254. The summed E-state index contributed by atoms with van der Waals surface area (Å²) in [5, 5.41) is 3.61.